The Morgan fingerprint density at radius 2 is 1.92 bits per heavy atom. The lowest BCUT2D eigenvalue weighted by molar-refractivity contribution is 0.100. The zero-order chi connectivity index (χ0) is 18.5. The number of nitrogens with zero attached hydrogens (tertiary/aromatic N) is 3. The van der Waals surface area contributed by atoms with Crippen LogP contribution < -0.4 is 16.2 Å². The molecule has 2 aromatic heterocycles. The van der Waals surface area contributed by atoms with Gasteiger partial charge in [-0.15, -0.1) is 0 Å². The first-order chi connectivity index (χ1) is 11.8. The van der Waals surface area contributed by atoms with Crippen molar-refractivity contribution in [3.8, 4) is 17.3 Å². The predicted molar refractivity (Wildman–Crippen MR) is 94.2 cm³/mol. The van der Waals surface area contributed by atoms with Gasteiger partial charge in [0.25, 0.3) is 5.91 Å². The van der Waals surface area contributed by atoms with Gasteiger partial charge in [0.15, 0.2) is 5.65 Å². The van der Waals surface area contributed by atoms with Crippen molar-refractivity contribution in [3.05, 3.63) is 34.6 Å². The molecule has 130 valence electrons. The molecule has 2 heterocycles. The number of aromatic hydroxyl groups is 1. The fourth-order valence-corrected chi connectivity index (χ4v) is 3.06. The molecule has 5 N–H and O–H groups in total. The third-order valence-electron chi connectivity index (χ3n) is 4.19. The Balaban J connectivity index is 2.58. The summed E-state index contributed by atoms with van der Waals surface area (Å²) in [6, 6.07) is 3.37. The summed E-state index contributed by atoms with van der Waals surface area (Å²) in [5.74, 6) is 0.201. The third-order valence-corrected chi connectivity index (χ3v) is 4.19. The molecule has 0 radical (unpaired) electrons. The summed E-state index contributed by atoms with van der Waals surface area (Å²) in [5, 5.41) is 10.5. The van der Waals surface area contributed by atoms with E-state index < -0.39 is 5.91 Å². The van der Waals surface area contributed by atoms with Crippen LogP contribution in [-0.2, 0) is 0 Å². The van der Waals surface area contributed by atoms with E-state index in [9.17, 15) is 9.90 Å². The first kappa shape index (κ1) is 16.6. The fourth-order valence-electron chi connectivity index (χ4n) is 3.06. The Hall–Kier alpha value is -3.29. The SMILES string of the molecule is COc1nc(C)nc2c1c(C(N)=O)c(N)n2-c1c(C)ccc(O)c1C. The van der Waals surface area contributed by atoms with E-state index in [-0.39, 0.29) is 23.0 Å². The molecule has 1 aromatic carbocycles. The third kappa shape index (κ3) is 2.34. The normalized spacial score (nSPS) is 11.0. The van der Waals surface area contributed by atoms with Crippen molar-refractivity contribution in [1.82, 2.24) is 14.5 Å². The van der Waals surface area contributed by atoms with Crippen LogP contribution in [-0.4, -0.2) is 32.7 Å². The van der Waals surface area contributed by atoms with Gasteiger partial charge in [-0.05, 0) is 32.4 Å². The number of benzene rings is 1. The van der Waals surface area contributed by atoms with Gasteiger partial charge < -0.3 is 21.3 Å². The van der Waals surface area contributed by atoms with Gasteiger partial charge in [-0.1, -0.05) is 6.07 Å². The minimum atomic E-state index is -0.706. The second kappa shape index (κ2) is 5.66. The number of amides is 1. The highest BCUT2D eigenvalue weighted by Gasteiger charge is 2.27. The van der Waals surface area contributed by atoms with Gasteiger partial charge in [0.2, 0.25) is 5.88 Å². The molecule has 0 saturated carbocycles. The Labute approximate surface area is 144 Å². The largest absolute Gasteiger partial charge is 0.508 e. The van der Waals surface area contributed by atoms with E-state index in [0.29, 0.717) is 28.1 Å². The lowest BCUT2D eigenvalue weighted by atomic mass is 10.1. The summed E-state index contributed by atoms with van der Waals surface area (Å²) < 4.78 is 6.92. The summed E-state index contributed by atoms with van der Waals surface area (Å²) >= 11 is 0. The molecule has 0 spiro atoms. The van der Waals surface area contributed by atoms with E-state index >= 15 is 0 Å². The molecule has 0 unspecified atom stereocenters. The molecule has 25 heavy (non-hydrogen) atoms. The summed E-state index contributed by atoms with van der Waals surface area (Å²) in [5.41, 5.74) is 14.4. The van der Waals surface area contributed by atoms with Crippen LogP contribution in [0.25, 0.3) is 16.7 Å². The molecule has 3 rings (SSSR count). The number of phenols is 1. The monoisotopic (exact) mass is 341 g/mol. The van der Waals surface area contributed by atoms with Crippen molar-refractivity contribution < 1.29 is 14.6 Å². The number of anilines is 1. The molecular formula is C17H19N5O3. The van der Waals surface area contributed by atoms with Gasteiger partial charge in [-0.3, -0.25) is 9.36 Å². The number of fused-ring (bicyclic) bond motifs is 1. The quantitative estimate of drug-likeness (QED) is 0.665. The van der Waals surface area contributed by atoms with Gasteiger partial charge >= 0.3 is 0 Å². The molecule has 0 aliphatic rings. The summed E-state index contributed by atoms with van der Waals surface area (Å²) in [6.07, 6.45) is 0. The van der Waals surface area contributed by atoms with Crippen LogP contribution in [0.3, 0.4) is 0 Å². The van der Waals surface area contributed by atoms with Crippen molar-refractivity contribution in [1.29, 1.82) is 0 Å². The van der Waals surface area contributed by atoms with Gasteiger partial charge in [0, 0.05) is 5.56 Å². The number of methoxy groups -OCH3 is 1. The maximum absolute atomic E-state index is 12.0. The van der Waals surface area contributed by atoms with E-state index in [2.05, 4.69) is 9.97 Å². The topological polar surface area (TPSA) is 129 Å². The lowest BCUT2D eigenvalue weighted by Crippen LogP contribution is -2.14. The fraction of sp³-hybridized carbons (Fsp3) is 0.235. The number of carbonyl (C=O) groups is 1. The molecule has 1 amide bonds. The number of hydrogen-bond acceptors (Lipinski definition) is 6. The van der Waals surface area contributed by atoms with Crippen LogP contribution in [0.1, 0.15) is 27.3 Å². The molecule has 3 aromatic rings. The highest BCUT2D eigenvalue weighted by atomic mass is 16.5. The number of phenolic OH excluding ortho intramolecular Hbond substituents is 1. The Kier molecular flexibility index (Phi) is 3.75. The van der Waals surface area contributed by atoms with Crippen LogP contribution in [0.5, 0.6) is 11.6 Å². The highest BCUT2D eigenvalue weighted by molar-refractivity contribution is 6.12. The molecule has 8 nitrogen and oxygen atoms in total. The number of aromatic nitrogens is 3. The van der Waals surface area contributed by atoms with Crippen LogP contribution in [0.4, 0.5) is 5.82 Å². The molecule has 0 bridgehead atoms. The second-order valence-electron chi connectivity index (χ2n) is 5.81. The summed E-state index contributed by atoms with van der Waals surface area (Å²) in [4.78, 5) is 20.7. The van der Waals surface area contributed by atoms with Crippen LogP contribution in [0.2, 0.25) is 0 Å². The summed E-state index contributed by atoms with van der Waals surface area (Å²) in [6.45, 7) is 5.35. The average Bonchev–Trinajstić information content (AvgIpc) is 2.83. The number of aryl methyl sites for hydroxylation is 2. The van der Waals surface area contributed by atoms with Crippen LogP contribution in [0, 0.1) is 20.8 Å². The van der Waals surface area contributed by atoms with E-state index in [0.717, 1.165) is 5.56 Å². The average molecular weight is 341 g/mol. The van der Waals surface area contributed by atoms with E-state index in [4.69, 9.17) is 16.2 Å². The van der Waals surface area contributed by atoms with E-state index in [1.807, 2.05) is 6.92 Å². The number of rotatable bonds is 3. The van der Waals surface area contributed by atoms with Gasteiger partial charge in [-0.25, -0.2) is 4.98 Å². The number of nitrogen functional groups attached to an aromatic ring is 1. The maximum Gasteiger partial charge on any atom is 0.253 e. The molecule has 0 saturated heterocycles. The van der Waals surface area contributed by atoms with Gasteiger partial charge in [0.05, 0.1) is 23.7 Å². The number of ether oxygens (including phenoxy) is 1. The molecule has 0 aliphatic carbocycles. The Morgan fingerprint density at radius 1 is 1.24 bits per heavy atom. The van der Waals surface area contributed by atoms with Gasteiger partial charge in [-0.2, -0.15) is 4.98 Å². The van der Waals surface area contributed by atoms with Crippen molar-refractivity contribution in [2.45, 2.75) is 20.8 Å². The second-order valence-corrected chi connectivity index (χ2v) is 5.81. The van der Waals surface area contributed by atoms with Gasteiger partial charge in [0.1, 0.15) is 17.4 Å². The molecule has 0 fully saturated rings. The standard InChI is InChI=1S/C17H19N5O3/c1-7-5-6-10(23)8(2)13(7)22-14(18)11(15(19)24)12-16(22)20-9(3)21-17(12)25-4/h5-6,23H,18H2,1-4H3,(H2,19,24). The molecule has 0 aliphatic heterocycles. The number of primary amides is 1. The van der Waals surface area contributed by atoms with Crippen molar-refractivity contribution in [2.75, 3.05) is 12.8 Å². The minimum absolute atomic E-state index is 0.0917. The smallest absolute Gasteiger partial charge is 0.253 e. The summed E-state index contributed by atoms with van der Waals surface area (Å²) in [7, 11) is 1.45. The van der Waals surface area contributed by atoms with Crippen LogP contribution in [0.15, 0.2) is 12.1 Å². The number of carbonyl (C=O) groups excluding carboxylic acids is 1. The number of nitrogens with two attached hydrogens (primary N) is 2. The van der Waals surface area contributed by atoms with E-state index in [1.54, 1.807) is 30.5 Å². The predicted octanol–water partition coefficient (Wildman–Crippen LogP) is 1.74. The Morgan fingerprint density at radius 3 is 2.52 bits per heavy atom. The molecule has 8 heteroatoms. The van der Waals surface area contributed by atoms with Crippen molar-refractivity contribution >= 4 is 22.8 Å². The molecular weight excluding hydrogens is 322 g/mol. The first-order valence-corrected chi connectivity index (χ1v) is 7.59. The van der Waals surface area contributed by atoms with Crippen LogP contribution >= 0.6 is 0 Å². The number of hydrogen-bond donors (Lipinski definition) is 3. The first-order valence-electron chi connectivity index (χ1n) is 7.59. The highest BCUT2D eigenvalue weighted by Crippen LogP contribution is 2.38. The lowest BCUT2D eigenvalue weighted by Gasteiger charge is -2.15. The zero-order valence-electron chi connectivity index (χ0n) is 14.4. The Bertz CT molecular complexity index is 1020. The maximum atomic E-state index is 12.0. The van der Waals surface area contributed by atoms with Crippen molar-refractivity contribution in [3.63, 3.8) is 0 Å². The van der Waals surface area contributed by atoms with E-state index in [1.165, 1.54) is 7.11 Å². The molecule has 0 atom stereocenters. The van der Waals surface area contributed by atoms with Crippen molar-refractivity contribution in [2.24, 2.45) is 5.73 Å². The zero-order valence-corrected chi connectivity index (χ0v) is 14.4. The minimum Gasteiger partial charge on any atom is -0.508 e.